The summed E-state index contributed by atoms with van der Waals surface area (Å²) >= 11 is 0. The minimum atomic E-state index is -0.789. The highest BCUT2D eigenvalue weighted by atomic mass is 16.3. The Morgan fingerprint density at radius 2 is 1.77 bits per heavy atom. The van der Waals surface area contributed by atoms with Gasteiger partial charge < -0.3 is 15.1 Å². The van der Waals surface area contributed by atoms with Gasteiger partial charge in [0.1, 0.15) is 22.9 Å². The smallest absolute Gasteiger partial charge is 0.313 e. The molecule has 0 bridgehead atoms. The number of aryl methyl sites for hydroxylation is 3. The molecule has 0 saturated heterocycles. The number of amides is 3. The molecule has 0 aliphatic rings. The van der Waals surface area contributed by atoms with E-state index in [0.29, 0.717) is 34.2 Å². The number of imidazole rings is 1. The average Bonchev–Trinajstić information content (AvgIpc) is 3.41. The summed E-state index contributed by atoms with van der Waals surface area (Å²) in [7, 11) is 0. The molecule has 0 unspecified atom stereocenters. The van der Waals surface area contributed by atoms with E-state index < -0.39 is 17.7 Å². The van der Waals surface area contributed by atoms with Crippen LogP contribution in [0.25, 0.3) is 5.65 Å². The number of rotatable bonds is 6. The van der Waals surface area contributed by atoms with E-state index in [9.17, 15) is 14.4 Å². The molecule has 0 radical (unpaired) electrons. The number of benzene rings is 1. The summed E-state index contributed by atoms with van der Waals surface area (Å²) < 4.78 is 7.26. The average molecular weight is 473 g/mol. The molecule has 3 aromatic heterocycles. The highest BCUT2D eigenvalue weighted by Crippen LogP contribution is 2.14. The lowest BCUT2D eigenvalue weighted by molar-refractivity contribution is -0.136. The van der Waals surface area contributed by atoms with E-state index >= 15 is 0 Å². The fourth-order valence-electron chi connectivity index (χ4n) is 3.38. The number of hydrogen-bond acceptors (Lipinski definition) is 6. The Hall–Kier alpha value is -4.73. The van der Waals surface area contributed by atoms with Crippen molar-refractivity contribution in [3.63, 3.8) is 0 Å². The van der Waals surface area contributed by atoms with Gasteiger partial charge in [-0.3, -0.25) is 18.8 Å². The van der Waals surface area contributed by atoms with Gasteiger partial charge in [0.05, 0.1) is 18.5 Å². The summed E-state index contributed by atoms with van der Waals surface area (Å²) in [4.78, 5) is 41.1. The molecule has 178 valence electrons. The Kier molecular flexibility index (Phi) is 6.72. The fraction of sp³-hybridized carbons (Fsp3) is 0.160. The Morgan fingerprint density at radius 3 is 2.54 bits per heavy atom. The van der Waals surface area contributed by atoms with Crippen LogP contribution in [0.5, 0.6) is 0 Å². The third-order valence-electron chi connectivity index (χ3n) is 5.15. The molecule has 10 heteroatoms. The topological polar surface area (TPSA) is 130 Å². The highest BCUT2D eigenvalue weighted by Gasteiger charge is 2.16. The molecule has 0 aliphatic carbocycles. The van der Waals surface area contributed by atoms with Crippen molar-refractivity contribution in [3.8, 4) is 0 Å². The van der Waals surface area contributed by atoms with Gasteiger partial charge in [-0.25, -0.2) is 10.4 Å². The molecule has 3 heterocycles. The molecule has 4 aromatic rings. The molecule has 1 aromatic carbocycles. The molecular weight excluding hydrogens is 448 g/mol. The van der Waals surface area contributed by atoms with Gasteiger partial charge in [-0.05, 0) is 62.7 Å². The Bertz CT molecular complexity index is 1430. The summed E-state index contributed by atoms with van der Waals surface area (Å²) in [6, 6.07) is 14.2. The number of aromatic nitrogens is 2. The highest BCUT2D eigenvalue weighted by molar-refractivity contribution is 6.39. The van der Waals surface area contributed by atoms with Crippen molar-refractivity contribution >= 4 is 35.3 Å². The first kappa shape index (κ1) is 23.4. The minimum Gasteiger partial charge on any atom is -0.458 e. The Labute approximate surface area is 201 Å². The normalized spacial score (nSPS) is 11.1. The molecule has 35 heavy (non-hydrogen) atoms. The largest absolute Gasteiger partial charge is 0.458 e. The Morgan fingerprint density at radius 1 is 1.00 bits per heavy atom. The van der Waals surface area contributed by atoms with Crippen LogP contribution in [0, 0.1) is 20.8 Å². The molecule has 0 fully saturated rings. The van der Waals surface area contributed by atoms with Gasteiger partial charge in [-0.2, -0.15) is 5.10 Å². The quantitative estimate of drug-likeness (QED) is 0.226. The number of carbonyl (C=O) groups excluding carboxylic acids is 3. The summed E-state index contributed by atoms with van der Waals surface area (Å²) in [6.45, 7) is 5.66. The molecule has 10 nitrogen and oxygen atoms in total. The lowest BCUT2D eigenvalue weighted by Gasteiger charge is -2.05. The molecule has 4 rings (SSSR count). The molecule has 3 amide bonds. The van der Waals surface area contributed by atoms with Gasteiger partial charge in [0.15, 0.2) is 0 Å². The lowest BCUT2D eigenvalue weighted by atomic mass is 10.2. The number of carbonyl (C=O) groups is 3. The number of hydrazone groups is 1. The molecule has 0 saturated carbocycles. The second kappa shape index (κ2) is 10.0. The van der Waals surface area contributed by atoms with Crippen molar-refractivity contribution < 1.29 is 18.8 Å². The number of anilines is 1. The van der Waals surface area contributed by atoms with Gasteiger partial charge in [-0.15, -0.1) is 0 Å². The third kappa shape index (κ3) is 5.61. The predicted molar refractivity (Wildman–Crippen MR) is 130 cm³/mol. The zero-order valence-electron chi connectivity index (χ0n) is 19.5. The van der Waals surface area contributed by atoms with Crippen LogP contribution in [-0.4, -0.2) is 33.3 Å². The van der Waals surface area contributed by atoms with Crippen molar-refractivity contribution in [2.24, 2.45) is 5.10 Å². The molecule has 0 aliphatic heterocycles. The van der Waals surface area contributed by atoms with Crippen LogP contribution in [-0.2, 0) is 16.1 Å². The zero-order chi connectivity index (χ0) is 24.9. The minimum absolute atomic E-state index is 0.0147. The zero-order valence-corrected chi connectivity index (χ0v) is 19.5. The van der Waals surface area contributed by atoms with Crippen molar-refractivity contribution in [1.82, 2.24) is 20.1 Å². The van der Waals surface area contributed by atoms with Gasteiger partial charge in [0, 0.05) is 11.9 Å². The van der Waals surface area contributed by atoms with Crippen molar-refractivity contribution in [2.75, 3.05) is 5.32 Å². The summed E-state index contributed by atoms with van der Waals surface area (Å²) in [5.41, 5.74) is 6.76. The van der Waals surface area contributed by atoms with E-state index in [2.05, 4.69) is 26.1 Å². The number of fused-ring (bicyclic) bond motifs is 1. The number of nitrogens with one attached hydrogen (secondary N) is 3. The molecule has 0 spiro atoms. The van der Waals surface area contributed by atoms with Crippen LogP contribution in [0.4, 0.5) is 5.69 Å². The van der Waals surface area contributed by atoms with Gasteiger partial charge in [0.2, 0.25) is 0 Å². The standard InChI is InChI=1S/C25H24N6O4/c1-15-4-6-18(7-5-15)29-25(34)24(33)26-13-19-8-9-20(35-19)14-27-30-23(32)22-17(3)28-21-12-16(2)10-11-31(21)22/h4-12,14H,13H2,1-3H3,(H,26,33)(H,29,34)(H,30,32)/b27-14+. The maximum Gasteiger partial charge on any atom is 0.313 e. The maximum atomic E-state index is 12.6. The van der Waals surface area contributed by atoms with Crippen molar-refractivity contribution in [3.05, 3.63) is 88.8 Å². The van der Waals surface area contributed by atoms with Gasteiger partial charge in [0.25, 0.3) is 5.91 Å². The van der Waals surface area contributed by atoms with E-state index in [1.165, 1.54) is 6.21 Å². The predicted octanol–water partition coefficient (Wildman–Crippen LogP) is 2.87. The second-order valence-corrected chi connectivity index (χ2v) is 7.98. The van der Waals surface area contributed by atoms with Crippen molar-refractivity contribution in [1.29, 1.82) is 0 Å². The van der Waals surface area contributed by atoms with Crippen LogP contribution in [0.3, 0.4) is 0 Å². The Balaban J connectivity index is 1.29. The number of hydrogen-bond donors (Lipinski definition) is 3. The maximum absolute atomic E-state index is 12.6. The van der Waals surface area contributed by atoms with Gasteiger partial charge in [-0.1, -0.05) is 17.7 Å². The van der Waals surface area contributed by atoms with E-state index in [4.69, 9.17) is 4.42 Å². The fourth-order valence-corrected chi connectivity index (χ4v) is 3.38. The van der Waals surface area contributed by atoms with E-state index in [1.54, 1.807) is 41.8 Å². The first-order valence-corrected chi connectivity index (χ1v) is 10.8. The molecule has 3 N–H and O–H groups in total. The van der Waals surface area contributed by atoms with Gasteiger partial charge >= 0.3 is 11.8 Å². The number of furan rings is 1. The molecular formula is C25H24N6O4. The van der Waals surface area contributed by atoms with Crippen LogP contribution < -0.4 is 16.1 Å². The first-order valence-electron chi connectivity index (χ1n) is 10.8. The van der Waals surface area contributed by atoms with Crippen LogP contribution in [0.15, 0.2) is 64.2 Å². The summed E-state index contributed by atoms with van der Waals surface area (Å²) in [5, 5.41) is 8.97. The van der Waals surface area contributed by atoms with E-state index in [0.717, 1.165) is 11.1 Å². The lowest BCUT2D eigenvalue weighted by Crippen LogP contribution is -2.34. The van der Waals surface area contributed by atoms with Crippen molar-refractivity contribution in [2.45, 2.75) is 27.3 Å². The summed E-state index contributed by atoms with van der Waals surface area (Å²) in [6.07, 6.45) is 3.13. The van der Waals surface area contributed by atoms with E-state index in [-0.39, 0.29) is 6.54 Å². The number of pyridine rings is 1. The van der Waals surface area contributed by atoms with Crippen LogP contribution in [0.1, 0.15) is 38.8 Å². The van der Waals surface area contributed by atoms with Crippen LogP contribution >= 0.6 is 0 Å². The summed E-state index contributed by atoms with van der Waals surface area (Å²) in [5.74, 6) is -1.19. The SMILES string of the molecule is Cc1ccc(NC(=O)C(=O)NCc2ccc(/C=N/NC(=O)c3c(C)nc4cc(C)ccn34)o2)cc1. The first-order chi connectivity index (χ1) is 16.8. The third-order valence-corrected chi connectivity index (χ3v) is 5.15. The monoisotopic (exact) mass is 472 g/mol. The molecule has 0 atom stereocenters. The number of nitrogens with zero attached hydrogens (tertiary/aromatic N) is 3. The second-order valence-electron chi connectivity index (χ2n) is 7.98. The van der Waals surface area contributed by atoms with Crippen LogP contribution in [0.2, 0.25) is 0 Å². The van der Waals surface area contributed by atoms with E-state index in [1.807, 2.05) is 38.1 Å².